The van der Waals surface area contributed by atoms with E-state index in [4.69, 9.17) is 0 Å². The van der Waals surface area contributed by atoms with Crippen molar-refractivity contribution >= 4 is 21.8 Å². The second-order valence-electron chi connectivity index (χ2n) is 6.44. The number of nitrogens with one attached hydrogen (secondary N) is 1. The Morgan fingerprint density at radius 1 is 1.33 bits per heavy atom. The summed E-state index contributed by atoms with van der Waals surface area (Å²) in [5, 5.41) is 12.1. The Morgan fingerprint density at radius 3 is 2.43 bits per heavy atom. The molecule has 2 fully saturated rings. The highest BCUT2D eigenvalue weighted by atomic mass is 32.2. The molecule has 2 N–H and O–H groups in total. The van der Waals surface area contributed by atoms with E-state index in [0.29, 0.717) is 25.8 Å². The first-order valence-corrected chi connectivity index (χ1v) is 8.94. The number of carboxylic acids is 1. The smallest absolute Gasteiger partial charge is 0.317 e. The summed E-state index contributed by atoms with van der Waals surface area (Å²) in [6, 6.07) is -0.369. The lowest BCUT2D eigenvalue weighted by Gasteiger charge is -2.28. The highest BCUT2D eigenvalue weighted by Gasteiger charge is 2.46. The number of urea groups is 1. The molecule has 2 saturated heterocycles. The van der Waals surface area contributed by atoms with E-state index in [1.54, 1.807) is 13.8 Å². The van der Waals surface area contributed by atoms with E-state index in [1.165, 1.54) is 4.90 Å². The second kappa shape index (κ2) is 5.15. The lowest BCUT2D eigenvalue weighted by atomic mass is 9.84. The predicted octanol–water partition coefficient (Wildman–Crippen LogP) is 0.460. The van der Waals surface area contributed by atoms with Crippen molar-refractivity contribution in [3.05, 3.63) is 0 Å². The van der Waals surface area contributed by atoms with Gasteiger partial charge in [-0.2, -0.15) is 0 Å². The highest BCUT2D eigenvalue weighted by Crippen LogP contribution is 2.34. The average molecular weight is 318 g/mol. The normalized spacial score (nSPS) is 34.9. The summed E-state index contributed by atoms with van der Waals surface area (Å²) in [5.74, 6) is -0.857. The zero-order valence-corrected chi connectivity index (χ0v) is 13.2. The van der Waals surface area contributed by atoms with Gasteiger partial charge in [-0.3, -0.25) is 4.79 Å². The number of carbonyl (C=O) groups excluding carboxylic acids is 1. The molecule has 2 aliphatic heterocycles. The fourth-order valence-electron chi connectivity index (χ4n) is 3.11. The van der Waals surface area contributed by atoms with Gasteiger partial charge in [0.15, 0.2) is 9.84 Å². The van der Waals surface area contributed by atoms with Gasteiger partial charge in [-0.05, 0) is 26.2 Å². The molecule has 0 spiro atoms. The van der Waals surface area contributed by atoms with Crippen LogP contribution in [0.3, 0.4) is 0 Å². The van der Waals surface area contributed by atoms with Crippen LogP contribution in [-0.4, -0.2) is 60.6 Å². The minimum absolute atomic E-state index is 0.0581. The molecule has 8 heteroatoms. The number of nitrogens with zero attached hydrogens (tertiary/aromatic N) is 1. The first-order valence-electron chi connectivity index (χ1n) is 7.12. The van der Waals surface area contributed by atoms with Gasteiger partial charge >= 0.3 is 12.0 Å². The fourth-order valence-corrected chi connectivity index (χ4v) is 5.20. The minimum Gasteiger partial charge on any atom is -0.481 e. The molecule has 120 valence electrons. The van der Waals surface area contributed by atoms with Gasteiger partial charge in [0.25, 0.3) is 0 Å². The molecule has 2 amide bonds. The zero-order valence-electron chi connectivity index (χ0n) is 12.4. The van der Waals surface area contributed by atoms with Crippen LogP contribution in [-0.2, 0) is 14.6 Å². The van der Waals surface area contributed by atoms with Crippen LogP contribution in [0.1, 0.15) is 33.1 Å². The number of likely N-dealkylation sites (tertiary alicyclic amines) is 1. The van der Waals surface area contributed by atoms with Crippen molar-refractivity contribution in [1.29, 1.82) is 0 Å². The van der Waals surface area contributed by atoms with Crippen LogP contribution < -0.4 is 5.32 Å². The molecular weight excluding hydrogens is 296 g/mol. The summed E-state index contributed by atoms with van der Waals surface area (Å²) in [4.78, 5) is 25.1. The van der Waals surface area contributed by atoms with Gasteiger partial charge in [0.2, 0.25) is 0 Å². The van der Waals surface area contributed by atoms with Crippen molar-refractivity contribution in [1.82, 2.24) is 10.2 Å². The first-order chi connectivity index (χ1) is 9.61. The molecule has 0 aromatic carbocycles. The van der Waals surface area contributed by atoms with E-state index in [-0.39, 0.29) is 24.1 Å². The summed E-state index contributed by atoms with van der Waals surface area (Å²) in [5.41, 5.74) is -1.63. The summed E-state index contributed by atoms with van der Waals surface area (Å²) in [7, 11) is -3.09. The number of sulfone groups is 1. The molecule has 0 aliphatic carbocycles. The number of hydrogen-bond donors (Lipinski definition) is 2. The standard InChI is InChI=1S/C13H22N2O5S/c1-3-13(10(16)17)4-6-15(8-13)11(18)14-12(2)5-7-21(19,20)9-12/h3-9H2,1-2H3,(H,14,18)(H,16,17). The van der Waals surface area contributed by atoms with Gasteiger partial charge < -0.3 is 15.3 Å². The summed E-state index contributed by atoms with van der Waals surface area (Å²) in [6.07, 6.45) is 1.30. The van der Waals surface area contributed by atoms with Crippen LogP contribution in [0.4, 0.5) is 4.79 Å². The predicted molar refractivity (Wildman–Crippen MR) is 76.8 cm³/mol. The zero-order chi connectivity index (χ0) is 15.9. The Morgan fingerprint density at radius 2 is 2.00 bits per heavy atom. The molecule has 2 unspecified atom stereocenters. The molecular formula is C13H22N2O5S. The molecule has 2 rings (SSSR count). The molecule has 0 saturated carbocycles. The molecule has 7 nitrogen and oxygen atoms in total. The molecule has 0 bridgehead atoms. The van der Waals surface area contributed by atoms with E-state index in [0.717, 1.165) is 0 Å². The number of carbonyl (C=O) groups is 2. The highest BCUT2D eigenvalue weighted by molar-refractivity contribution is 7.91. The van der Waals surface area contributed by atoms with Gasteiger partial charge in [0, 0.05) is 13.1 Å². The van der Waals surface area contributed by atoms with Crippen LogP contribution >= 0.6 is 0 Å². The van der Waals surface area contributed by atoms with E-state index in [9.17, 15) is 23.1 Å². The molecule has 0 radical (unpaired) electrons. The maximum Gasteiger partial charge on any atom is 0.317 e. The lowest BCUT2D eigenvalue weighted by molar-refractivity contribution is -0.148. The Bertz CT molecular complexity index is 561. The molecule has 0 aromatic heterocycles. The van der Waals surface area contributed by atoms with E-state index in [1.807, 2.05) is 0 Å². The number of carboxylic acid groups (broad SMARTS) is 1. The SMILES string of the molecule is CCC1(C(=O)O)CCN(C(=O)NC2(C)CCS(=O)(=O)C2)C1. The third kappa shape index (κ3) is 3.14. The van der Waals surface area contributed by atoms with Gasteiger partial charge in [-0.15, -0.1) is 0 Å². The van der Waals surface area contributed by atoms with Crippen LogP contribution in [0.5, 0.6) is 0 Å². The molecule has 21 heavy (non-hydrogen) atoms. The first kappa shape index (κ1) is 16.1. The number of hydrogen-bond acceptors (Lipinski definition) is 4. The third-order valence-electron chi connectivity index (χ3n) is 4.68. The molecule has 0 aromatic rings. The summed E-state index contributed by atoms with van der Waals surface area (Å²) < 4.78 is 23.1. The van der Waals surface area contributed by atoms with E-state index in [2.05, 4.69) is 5.32 Å². The van der Waals surface area contributed by atoms with Crippen molar-refractivity contribution in [3.8, 4) is 0 Å². The van der Waals surface area contributed by atoms with E-state index >= 15 is 0 Å². The van der Waals surface area contributed by atoms with Crippen LogP contribution in [0, 0.1) is 5.41 Å². The number of rotatable bonds is 3. The molecule has 2 atom stereocenters. The number of aliphatic carboxylic acids is 1. The maximum atomic E-state index is 12.3. The Labute approximate surface area is 124 Å². The lowest BCUT2D eigenvalue weighted by Crippen LogP contribution is -2.52. The monoisotopic (exact) mass is 318 g/mol. The largest absolute Gasteiger partial charge is 0.481 e. The van der Waals surface area contributed by atoms with Crippen molar-refractivity contribution in [2.24, 2.45) is 5.41 Å². The Kier molecular flexibility index (Phi) is 3.94. The topological polar surface area (TPSA) is 104 Å². The third-order valence-corrected chi connectivity index (χ3v) is 6.59. The Hall–Kier alpha value is -1.31. The maximum absolute atomic E-state index is 12.3. The van der Waals surface area contributed by atoms with Crippen LogP contribution in [0.2, 0.25) is 0 Å². The van der Waals surface area contributed by atoms with Crippen molar-refractivity contribution < 1.29 is 23.1 Å². The second-order valence-corrected chi connectivity index (χ2v) is 8.63. The van der Waals surface area contributed by atoms with Gasteiger partial charge in [0.1, 0.15) is 0 Å². The average Bonchev–Trinajstić information content (AvgIpc) is 2.92. The minimum atomic E-state index is -3.09. The summed E-state index contributed by atoms with van der Waals surface area (Å²) in [6.45, 7) is 4.08. The fraction of sp³-hybridized carbons (Fsp3) is 0.846. The Balaban J connectivity index is 2.01. The van der Waals surface area contributed by atoms with Crippen molar-refractivity contribution in [2.45, 2.75) is 38.6 Å². The quantitative estimate of drug-likeness (QED) is 0.787. The van der Waals surface area contributed by atoms with Crippen molar-refractivity contribution in [2.75, 3.05) is 24.6 Å². The van der Waals surface area contributed by atoms with Crippen LogP contribution in [0.25, 0.3) is 0 Å². The van der Waals surface area contributed by atoms with Crippen molar-refractivity contribution in [3.63, 3.8) is 0 Å². The van der Waals surface area contributed by atoms with Gasteiger partial charge in [-0.1, -0.05) is 6.92 Å². The van der Waals surface area contributed by atoms with Crippen LogP contribution in [0.15, 0.2) is 0 Å². The molecule has 2 aliphatic rings. The number of amides is 2. The molecule has 2 heterocycles. The van der Waals surface area contributed by atoms with Gasteiger partial charge in [0.05, 0.1) is 22.5 Å². The summed E-state index contributed by atoms with van der Waals surface area (Å²) >= 11 is 0. The van der Waals surface area contributed by atoms with E-state index < -0.39 is 26.8 Å². The van der Waals surface area contributed by atoms with Gasteiger partial charge in [-0.25, -0.2) is 13.2 Å².